The molecular formula is C21H34N4O2. The van der Waals surface area contributed by atoms with Crippen LogP contribution in [0.4, 0.5) is 0 Å². The normalized spacial score (nSPS) is 20.9. The molecule has 2 aliphatic rings. The van der Waals surface area contributed by atoms with E-state index >= 15 is 0 Å². The van der Waals surface area contributed by atoms with Gasteiger partial charge >= 0.3 is 0 Å². The van der Waals surface area contributed by atoms with Gasteiger partial charge in [0.25, 0.3) is 0 Å². The number of guanidine groups is 1. The van der Waals surface area contributed by atoms with Crippen LogP contribution in [0.5, 0.6) is 11.5 Å². The van der Waals surface area contributed by atoms with Gasteiger partial charge in [-0.15, -0.1) is 0 Å². The molecule has 0 amide bonds. The fourth-order valence-corrected chi connectivity index (χ4v) is 3.90. The quantitative estimate of drug-likeness (QED) is 0.431. The Labute approximate surface area is 163 Å². The number of nitrogens with zero attached hydrogens (tertiary/aromatic N) is 3. The second-order valence-corrected chi connectivity index (χ2v) is 7.25. The van der Waals surface area contributed by atoms with Gasteiger partial charge in [0, 0.05) is 44.7 Å². The van der Waals surface area contributed by atoms with E-state index in [0.29, 0.717) is 12.6 Å². The third-order valence-electron chi connectivity index (χ3n) is 5.33. The first-order valence-electron chi connectivity index (χ1n) is 10.3. The summed E-state index contributed by atoms with van der Waals surface area (Å²) in [4.78, 5) is 9.91. The van der Waals surface area contributed by atoms with Gasteiger partial charge in [-0.2, -0.15) is 0 Å². The van der Waals surface area contributed by atoms with Crippen molar-refractivity contribution < 1.29 is 9.47 Å². The lowest BCUT2D eigenvalue weighted by Crippen LogP contribution is -2.42. The summed E-state index contributed by atoms with van der Waals surface area (Å²) < 4.78 is 11.0. The summed E-state index contributed by atoms with van der Waals surface area (Å²) >= 11 is 0. The summed E-state index contributed by atoms with van der Waals surface area (Å²) in [6.45, 7) is 9.23. The lowest BCUT2D eigenvalue weighted by Gasteiger charge is -2.25. The third kappa shape index (κ3) is 5.76. The maximum absolute atomic E-state index is 5.81. The van der Waals surface area contributed by atoms with Gasteiger partial charge in [0.2, 0.25) is 0 Å². The molecule has 0 bridgehead atoms. The largest absolute Gasteiger partial charge is 0.497 e. The molecule has 0 aliphatic carbocycles. The Kier molecular flexibility index (Phi) is 7.63. The van der Waals surface area contributed by atoms with Crippen molar-refractivity contribution >= 4 is 5.96 Å². The highest BCUT2D eigenvalue weighted by atomic mass is 16.5. The summed E-state index contributed by atoms with van der Waals surface area (Å²) in [7, 11) is 1.67. The maximum Gasteiger partial charge on any atom is 0.193 e. The van der Waals surface area contributed by atoms with Crippen LogP contribution < -0.4 is 14.8 Å². The molecule has 0 spiro atoms. The van der Waals surface area contributed by atoms with Gasteiger partial charge in [-0.05, 0) is 51.4 Å². The smallest absolute Gasteiger partial charge is 0.193 e. The third-order valence-corrected chi connectivity index (χ3v) is 5.33. The molecular weight excluding hydrogens is 340 g/mol. The van der Waals surface area contributed by atoms with E-state index in [0.717, 1.165) is 50.1 Å². The van der Waals surface area contributed by atoms with Crippen molar-refractivity contribution in [3.63, 3.8) is 0 Å². The van der Waals surface area contributed by atoms with E-state index in [-0.39, 0.29) is 0 Å². The molecule has 3 rings (SSSR count). The lowest BCUT2D eigenvalue weighted by molar-refractivity contribution is 0.249. The molecule has 150 valence electrons. The summed E-state index contributed by atoms with van der Waals surface area (Å²) in [5, 5.41) is 3.46. The fourth-order valence-electron chi connectivity index (χ4n) is 3.90. The molecule has 0 saturated carbocycles. The number of likely N-dealkylation sites (tertiary alicyclic amines) is 2. The Morgan fingerprint density at radius 1 is 1.22 bits per heavy atom. The van der Waals surface area contributed by atoms with Crippen molar-refractivity contribution in [3.8, 4) is 11.5 Å². The van der Waals surface area contributed by atoms with Gasteiger partial charge in [0.1, 0.15) is 11.5 Å². The molecule has 2 aliphatic heterocycles. The zero-order valence-corrected chi connectivity index (χ0v) is 16.8. The van der Waals surface area contributed by atoms with E-state index < -0.39 is 0 Å². The van der Waals surface area contributed by atoms with Gasteiger partial charge in [-0.1, -0.05) is 6.07 Å². The van der Waals surface area contributed by atoms with Crippen molar-refractivity contribution in [3.05, 3.63) is 24.3 Å². The first-order valence-corrected chi connectivity index (χ1v) is 10.3. The van der Waals surface area contributed by atoms with Crippen LogP contribution in [0.25, 0.3) is 0 Å². The summed E-state index contributed by atoms with van der Waals surface area (Å²) in [5.41, 5.74) is 0. The SMILES string of the molecule is CCNC(=NCCCOc1cccc(OC)c1)N1CCC(N2CCCC2)C1. The van der Waals surface area contributed by atoms with Crippen LogP contribution in [0.2, 0.25) is 0 Å². The second-order valence-electron chi connectivity index (χ2n) is 7.25. The number of methoxy groups -OCH3 is 1. The second kappa shape index (κ2) is 10.4. The average molecular weight is 375 g/mol. The Bertz CT molecular complexity index is 602. The predicted molar refractivity (Wildman–Crippen MR) is 110 cm³/mol. The highest BCUT2D eigenvalue weighted by molar-refractivity contribution is 5.80. The van der Waals surface area contributed by atoms with Crippen LogP contribution in [0, 0.1) is 0 Å². The summed E-state index contributed by atoms with van der Waals surface area (Å²) in [5.74, 6) is 2.72. The number of hydrogen-bond donors (Lipinski definition) is 1. The molecule has 1 aromatic carbocycles. The van der Waals surface area contributed by atoms with Crippen LogP contribution in [-0.4, -0.2) is 74.8 Å². The number of benzene rings is 1. The Balaban J connectivity index is 1.43. The molecule has 0 radical (unpaired) electrons. The standard InChI is InChI=1S/C21H34N4O2/c1-3-22-21(25-14-10-18(17-25)24-12-4-5-13-24)23-11-7-15-27-20-9-6-8-19(16-20)26-2/h6,8-9,16,18H,3-5,7,10-15,17H2,1-2H3,(H,22,23). The Morgan fingerprint density at radius 3 is 2.81 bits per heavy atom. The summed E-state index contributed by atoms with van der Waals surface area (Å²) in [6, 6.07) is 8.44. The topological polar surface area (TPSA) is 49.3 Å². The van der Waals surface area contributed by atoms with E-state index in [1.54, 1.807) is 7.11 Å². The predicted octanol–water partition coefficient (Wildman–Crippen LogP) is 2.60. The number of nitrogens with one attached hydrogen (secondary N) is 1. The van der Waals surface area contributed by atoms with E-state index in [1.807, 2.05) is 24.3 Å². The molecule has 2 fully saturated rings. The average Bonchev–Trinajstić information content (AvgIpc) is 3.38. The van der Waals surface area contributed by atoms with Crippen LogP contribution in [-0.2, 0) is 0 Å². The minimum Gasteiger partial charge on any atom is -0.497 e. The zero-order valence-electron chi connectivity index (χ0n) is 16.8. The van der Waals surface area contributed by atoms with Crippen LogP contribution in [0.15, 0.2) is 29.3 Å². The van der Waals surface area contributed by atoms with Gasteiger partial charge in [0.15, 0.2) is 5.96 Å². The van der Waals surface area contributed by atoms with E-state index in [1.165, 1.54) is 32.4 Å². The van der Waals surface area contributed by atoms with Crippen molar-refractivity contribution in [2.24, 2.45) is 4.99 Å². The van der Waals surface area contributed by atoms with Gasteiger partial charge < -0.3 is 19.7 Å². The lowest BCUT2D eigenvalue weighted by atomic mass is 10.2. The van der Waals surface area contributed by atoms with E-state index in [4.69, 9.17) is 14.5 Å². The number of rotatable bonds is 8. The van der Waals surface area contributed by atoms with Crippen molar-refractivity contribution in [1.82, 2.24) is 15.1 Å². The minimum absolute atomic E-state index is 0.659. The molecule has 27 heavy (non-hydrogen) atoms. The van der Waals surface area contributed by atoms with Crippen molar-refractivity contribution in [2.45, 2.75) is 38.6 Å². The number of hydrogen-bond acceptors (Lipinski definition) is 4. The maximum atomic E-state index is 5.81. The molecule has 6 heteroatoms. The summed E-state index contributed by atoms with van der Waals surface area (Å²) in [6.07, 6.45) is 4.87. The minimum atomic E-state index is 0.659. The molecule has 1 atom stereocenters. The Hall–Kier alpha value is -1.95. The van der Waals surface area contributed by atoms with Crippen LogP contribution in [0.3, 0.4) is 0 Å². The Morgan fingerprint density at radius 2 is 2.04 bits per heavy atom. The first-order chi connectivity index (χ1) is 13.3. The van der Waals surface area contributed by atoms with Crippen LogP contribution in [0.1, 0.15) is 32.6 Å². The number of aliphatic imine (C=N–C) groups is 1. The zero-order chi connectivity index (χ0) is 18.9. The molecule has 2 saturated heterocycles. The highest BCUT2D eigenvalue weighted by Gasteiger charge is 2.30. The molecule has 2 heterocycles. The molecule has 0 aromatic heterocycles. The monoisotopic (exact) mass is 374 g/mol. The van der Waals surface area contributed by atoms with E-state index in [2.05, 4.69) is 22.0 Å². The number of ether oxygens (including phenoxy) is 2. The fraction of sp³-hybridized carbons (Fsp3) is 0.667. The molecule has 6 nitrogen and oxygen atoms in total. The van der Waals surface area contributed by atoms with Crippen molar-refractivity contribution in [2.75, 3.05) is 53.0 Å². The van der Waals surface area contributed by atoms with Gasteiger partial charge in [-0.25, -0.2) is 0 Å². The van der Waals surface area contributed by atoms with Crippen LogP contribution >= 0.6 is 0 Å². The van der Waals surface area contributed by atoms with Crippen molar-refractivity contribution in [1.29, 1.82) is 0 Å². The highest BCUT2D eigenvalue weighted by Crippen LogP contribution is 2.21. The molecule has 1 unspecified atom stereocenters. The first kappa shape index (κ1) is 19.8. The van der Waals surface area contributed by atoms with Gasteiger partial charge in [-0.3, -0.25) is 9.89 Å². The molecule has 1 N–H and O–H groups in total. The van der Waals surface area contributed by atoms with E-state index in [9.17, 15) is 0 Å². The molecule has 1 aromatic rings. The van der Waals surface area contributed by atoms with Gasteiger partial charge in [0.05, 0.1) is 13.7 Å².